The Kier molecular flexibility index (Phi) is 5.13. The summed E-state index contributed by atoms with van der Waals surface area (Å²) in [5.41, 5.74) is 6.68. The predicted molar refractivity (Wildman–Crippen MR) is 113 cm³/mol. The van der Waals surface area contributed by atoms with Crippen LogP contribution in [0.25, 0.3) is 0 Å². The molecular formula is C22H27N5O2. The summed E-state index contributed by atoms with van der Waals surface area (Å²) in [4.78, 5) is 30.7. The van der Waals surface area contributed by atoms with Crippen molar-refractivity contribution in [2.75, 3.05) is 23.3 Å². The average Bonchev–Trinajstić information content (AvgIpc) is 3.09. The van der Waals surface area contributed by atoms with Gasteiger partial charge in [-0.15, -0.1) is 0 Å². The van der Waals surface area contributed by atoms with Gasteiger partial charge in [-0.1, -0.05) is 18.2 Å². The van der Waals surface area contributed by atoms with E-state index in [1.165, 1.54) is 16.7 Å². The van der Waals surface area contributed by atoms with Crippen LogP contribution in [0.4, 0.5) is 16.3 Å². The number of nitrogens with one attached hydrogen (secondary N) is 3. The second-order valence-corrected chi connectivity index (χ2v) is 7.95. The SMILES string of the molecule is Cc1cccc2c1CN(c1cc(C)c(NC(=O)CC3CNC(=O)N3)c(C)n1)CC2. The minimum atomic E-state index is -0.223. The number of amides is 3. The van der Waals surface area contributed by atoms with Gasteiger partial charge in [-0.05, 0) is 55.5 Å². The normalized spacial score (nSPS) is 18.1. The summed E-state index contributed by atoms with van der Waals surface area (Å²) in [6, 6.07) is 8.15. The van der Waals surface area contributed by atoms with Gasteiger partial charge in [-0.25, -0.2) is 9.78 Å². The lowest BCUT2D eigenvalue weighted by molar-refractivity contribution is -0.116. The minimum Gasteiger partial charge on any atom is -0.352 e. The molecule has 7 nitrogen and oxygen atoms in total. The number of benzene rings is 1. The molecule has 2 aromatic rings. The predicted octanol–water partition coefficient (Wildman–Crippen LogP) is 2.58. The van der Waals surface area contributed by atoms with E-state index in [9.17, 15) is 9.59 Å². The highest BCUT2D eigenvalue weighted by Crippen LogP contribution is 2.29. The van der Waals surface area contributed by atoms with Gasteiger partial charge in [0.05, 0.1) is 17.4 Å². The van der Waals surface area contributed by atoms with E-state index in [0.717, 1.165) is 42.3 Å². The lowest BCUT2D eigenvalue weighted by Crippen LogP contribution is -2.32. The molecule has 2 aliphatic rings. The highest BCUT2D eigenvalue weighted by Gasteiger charge is 2.24. The molecule has 3 N–H and O–H groups in total. The van der Waals surface area contributed by atoms with Crippen molar-refractivity contribution in [3.05, 3.63) is 52.2 Å². The lowest BCUT2D eigenvalue weighted by Gasteiger charge is -2.31. The zero-order valence-corrected chi connectivity index (χ0v) is 17.1. The first-order valence-electron chi connectivity index (χ1n) is 10.1. The molecular weight excluding hydrogens is 366 g/mol. The Labute approximate surface area is 170 Å². The molecule has 152 valence electrons. The first-order valence-corrected chi connectivity index (χ1v) is 10.1. The second kappa shape index (κ2) is 7.73. The average molecular weight is 393 g/mol. The summed E-state index contributed by atoms with van der Waals surface area (Å²) in [6.07, 6.45) is 1.25. The molecule has 1 saturated heterocycles. The number of pyridine rings is 1. The molecule has 29 heavy (non-hydrogen) atoms. The Hall–Kier alpha value is -3.09. The Morgan fingerprint density at radius 1 is 1.28 bits per heavy atom. The van der Waals surface area contributed by atoms with Crippen molar-refractivity contribution < 1.29 is 9.59 Å². The summed E-state index contributed by atoms with van der Waals surface area (Å²) in [5, 5.41) is 8.38. The van der Waals surface area contributed by atoms with Crippen molar-refractivity contribution in [3.63, 3.8) is 0 Å². The van der Waals surface area contributed by atoms with Crippen LogP contribution in [0.1, 0.15) is 34.4 Å². The van der Waals surface area contributed by atoms with Gasteiger partial charge >= 0.3 is 6.03 Å². The summed E-state index contributed by atoms with van der Waals surface area (Å²) in [7, 11) is 0. The molecule has 3 amide bonds. The number of carbonyl (C=O) groups is 2. The van der Waals surface area contributed by atoms with Crippen molar-refractivity contribution in [2.24, 2.45) is 0 Å². The molecule has 0 bridgehead atoms. The van der Waals surface area contributed by atoms with Crippen LogP contribution in [0.5, 0.6) is 0 Å². The zero-order chi connectivity index (χ0) is 20.5. The Morgan fingerprint density at radius 3 is 2.83 bits per heavy atom. The largest absolute Gasteiger partial charge is 0.352 e. The minimum absolute atomic E-state index is 0.123. The van der Waals surface area contributed by atoms with Crippen LogP contribution in [0.3, 0.4) is 0 Å². The molecule has 7 heteroatoms. The molecule has 1 fully saturated rings. The maximum atomic E-state index is 12.4. The molecule has 0 saturated carbocycles. The number of hydrogen-bond donors (Lipinski definition) is 3. The Bertz CT molecular complexity index is 949. The van der Waals surface area contributed by atoms with Crippen LogP contribution < -0.4 is 20.9 Å². The number of aryl methyl sites for hydroxylation is 3. The van der Waals surface area contributed by atoms with E-state index in [2.05, 4.69) is 46.0 Å². The fourth-order valence-electron chi connectivity index (χ4n) is 4.15. The van der Waals surface area contributed by atoms with E-state index in [1.807, 2.05) is 19.9 Å². The van der Waals surface area contributed by atoms with Crippen LogP contribution in [-0.4, -0.2) is 36.1 Å². The van der Waals surface area contributed by atoms with Gasteiger partial charge in [0, 0.05) is 26.1 Å². The molecule has 3 heterocycles. The van der Waals surface area contributed by atoms with Crippen LogP contribution >= 0.6 is 0 Å². The first kappa shape index (κ1) is 19.2. The standard InChI is InChI=1S/C22H27N5O2/c1-13-5-4-6-16-7-8-27(12-18(13)16)19-9-14(2)21(15(3)24-19)26-20(28)10-17-11-23-22(29)25-17/h4-6,9,17H,7-8,10-12H2,1-3H3,(H,26,28)(H2,23,25,29). The molecule has 4 rings (SSSR count). The maximum absolute atomic E-state index is 12.4. The zero-order valence-electron chi connectivity index (χ0n) is 17.1. The Balaban J connectivity index is 1.48. The maximum Gasteiger partial charge on any atom is 0.315 e. The third-order valence-corrected chi connectivity index (χ3v) is 5.76. The monoisotopic (exact) mass is 393 g/mol. The van der Waals surface area contributed by atoms with E-state index >= 15 is 0 Å². The molecule has 2 aliphatic heterocycles. The number of rotatable bonds is 4. The third-order valence-electron chi connectivity index (χ3n) is 5.76. The van der Waals surface area contributed by atoms with Crippen LogP contribution in [0.2, 0.25) is 0 Å². The van der Waals surface area contributed by atoms with Crippen molar-refractivity contribution in [1.82, 2.24) is 15.6 Å². The molecule has 1 aromatic carbocycles. The van der Waals surface area contributed by atoms with E-state index in [0.29, 0.717) is 6.54 Å². The van der Waals surface area contributed by atoms with Gasteiger partial charge in [0.2, 0.25) is 5.91 Å². The van der Waals surface area contributed by atoms with E-state index in [1.54, 1.807) is 0 Å². The Morgan fingerprint density at radius 2 is 2.10 bits per heavy atom. The summed E-state index contributed by atoms with van der Waals surface area (Å²) in [5.74, 6) is 0.821. The number of nitrogens with zero attached hydrogens (tertiary/aromatic N) is 2. The first-order chi connectivity index (χ1) is 13.9. The number of urea groups is 1. The van der Waals surface area contributed by atoms with Crippen molar-refractivity contribution in [2.45, 2.75) is 46.2 Å². The number of hydrogen-bond acceptors (Lipinski definition) is 4. The van der Waals surface area contributed by atoms with Gasteiger partial charge in [0.15, 0.2) is 0 Å². The molecule has 1 aromatic heterocycles. The lowest BCUT2D eigenvalue weighted by atomic mass is 9.95. The van der Waals surface area contributed by atoms with Crippen LogP contribution in [-0.2, 0) is 17.8 Å². The highest BCUT2D eigenvalue weighted by molar-refractivity contribution is 5.93. The van der Waals surface area contributed by atoms with Crippen molar-refractivity contribution in [1.29, 1.82) is 0 Å². The second-order valence-electron chi connectivity index (χ2n) is 7.95. The van der Waals surface area contributed by atoms with Gasteiger partial charge in [0.25, 0.3) is 0 Å². The van der Waals surface area contributed by atoms with Crippen LogP contribution in [0.15, 0.2) is 24.3 Å². The number of aromatic nitrogens is 1. The van der Waals surface area contributed by atoms with Crippen molar-refractivity contribution >= 4 is 23.4 Å². The van der Waals surface area contributed by atoms with E-state index < -0.39 is 0 Å². The van der Waals surface area contributed by atoms with Gasteiger partial charge in [-0.2, -0.15) is 0 Å². The fourth-order valence-corrected chi connectivity index (χ4v) is 4.15. The van der Waals surface area contributed by atoms with Crippen molar-refractivity contribution in [3.8, 4) is 0 Å². The van der Waals surface area contributed by atoms with E-state index in [4.69, 9.17) is 4.98 Å². The third kappa shape index (κ3) is 4.04. The topological polar surface area (TPSA) is 86.4 Å². The molecule has 0 spiro atoms. The van der Waals surface area contributed by atoms with Gasteiger partial charge < -0.3 is 20.9 Å². The summed E-state index contributed by atoms with van der Waals surface area (Å²) >= 11 is 0. The smallest absolute Gasteiger partial charge is 0.315 e. The highest BCUT2D eigenvalue weighted by atomic mass is 16.2. The summed E-state index contributed by atoms with van der Waals surface area (Å²) in [6.45, 7) is 8.34. The fraction of sp³-hybridized carbons (Fsp3) is 0.409. The van der Waals surface area contributed by atoms with Crippen LogP contribution in [0, 0.1) is 20.8 Å². The number of fused-ring (bicyclic) bond motifs is 1. The number of carbonyl (C=O) groups excluding carboxylic acids is 2. The quantitative estimate of drug-likeness (QED) is 0.745. The summed E-state index contributed by atoms with van der Waals surface area (Å²) < 4.78 is 0. The van der Waals surface area contributed by atoms with Gasteiger partial charge in [0.1, 0.15) is 5.82 Å². The molecule has 0 radical (unpaired) electrons. The number of anilines is 2. The molecule has 1 unspecified atom stereocenters. The molecule has 1 atom stereocenters. The molecule has 0 aliphatic carbocycles. The van der Waals surface area contributed by atoms with E-state index in [-0.39, 0.29) is 24.4 Å². The van der Waals surface area contributed by atoms with Gasteiger partial charge in [-0.3, -0.25) is 4.79 Å².